The van der Waals surface area contributed by atoms with E-state index in [0.29, 0.717) is 5.56 Å². The Balaban J connectivity index is 1.45. The van der Waals surface area contributed by atoms with Gasteiger partial charge in [0.25, 0.3) is 0 Å². The highest BCUT2D eigenvalue weighted by atomic mass is 14.4. The summed E-state index contributed by atoms with van der Waals surface area (Å²) >= 11 is 0. The topological polar surface area (TPSA) is 0 Å². The van der Waals surface area contributed by atoms with Gasteiger partial charge < -0.3 is 0 Å². The lowest BCUT2D eigenvalue weighted by molar-refractivity contribution is 0.668. The van der Waals surface area contributed by atoms with Crippen molar-refractivity contribution in [2.75, 3.05) is 0 Å². The molecule has 0 radical (unpaired) electrons. The third-order valence-electron chi connectivity index (χ3n) is 9.30. The van der Waals surface area contributed by atoms with E-state index in [9.17, 15) is 1.37 Å². The Morgan fingerprint density at radius 2 is 0.953 bits per heavy atom. The minimum absolute atomic E-state index is 0.0446. The molecule has 0 atom stereocenters. The maximum atomic E-state index is 9.25. The van der Waals surface area contributed by atoms with Gasteiger partial charge in [0.2, 0.25) is 0 Å². The molecule has 8 aromatic rings. The Morgan fingerprint density at radius 3 is 1.67 bits per heavy atom. The average Bonchev–Trinajstić information content (AvgIpc) is 3.38. The smallest absolute Gasteiger partial charge is 0.0616 e. The van der Waals surface area contributed by atoms with E-state index in [1.54, 1.807) is 0 Å². The quantitative estimate of drug-likeness (QED) is 0.187. The summed E-state index contributed by atoms with van der Waals surface area (Å²) in [5, 5.41) is 5.96. The molecular formula is C43H30. The summed E-state index contributed by atoms with van der Waals surface area (Å²) in [7, 11) is 0. The third-order valence-corrected chi connectivity index (χ3v) is 9.30. The number of hydrogen-bond donors (Lipinski definition) is 0. The molecule has 0 fully saturated rings. The maximum Gasteiger partial charge on any atom is 0.0629 e. The van der Waals surface area contributed by atoms with Crippen molar-refractivity contribution in [1.29, 1.82) is 0 Å². The van der Waals surface area contributed by atoms with Gasteiger partial charge >= 0.3 is 0 Å². The predicted molar refractivity (Wildman–Crippen MR) is 185 cm³/mol. The van der Waals surface area contributed by atoms with Crippen LogP contribution < -0.4 is 0 Å². The molecule has 0 saturated heterocycles. The highest BCUT2D eigenvalue weighted by Crippen LogP contribution is 2.56. The normalized spacial score (nSPS) is 15.8. The van der Waals surface area contributed by atoms with Crippen LogP contribution in [0.1, 0.15) is 34.6 Å². The molecule has 202 valence electrons. The van der Waals surface area contributed by atoms with Crippen LogP contribution in [0.3, 0.4) is 0 Å². The van der Waals surface area contributed by atoms with Gasteiger partial charge in [-0.15, -0.1) is 0 Å². The van der Waals surface area contributed by atoms with Crippen LogP contribution in [0.2, 0.25) is 0 Å². The van der Waals surface area contributed by atoms with Crippen molar-refractivity contribution in [3.63, 3.8) is 0 Å². The first-order chi connectivity index (χ1) is 24.0. The fourth-order valence-electron chi connectivity index (χ4n) is 7.64. The van der Waals surface area contributed by atoms with E-state index >= 15 is 0 Å². The van der Waals surface area contributed by atoms with Gasteiger partial charge in [-0.05, 0) is 87.6 Å². The monoisotopic (exact) mass is 553 g/mol. The second-order valence-electron chi connectivity index (χ2n) is 11.9. The summed E-state index contributed by atoms with van der Waals surface area (Å²) in [6, 6.07) is 33.0. The Hall–Kier alpha value is -5.20. The zero-order valence-electron chi connectivity index (χ0n) is 30.8. The molecule has 9 rings (SSSR count). The first-order valence-electron chi connectivity index (χ1n) is 18.1. The minimum Gasteiger partial charge on any atom is -0.0616 e. The van der Waals surface area contributed by atoms with Crippen molar-refractivity contribution in [3.05, 3.63) is 157 Å². The van der Waals surface area contributed by atoms with Crippen LogP contribution in [0.25, 0.3) is 76.5 Å². The number of hydrogen-bond acceptors (Lipinski definition) is 0. The highest BCUT2D eigenvalue weighted by molar-refractivity contribution is 6.24. The molecule has 0 nitrogen and oxygen atoms in total. The molecule has 43 heavy (non-hydrogen) atoms. The summed E-state index contributed by atoms with van der Waals surface area (Å²) in [6.45, 7) is 4.60. The van der Waals surface area contributed by atoms with Gasteiger partial charge in [0.1, 0.15) is 0 Å². The van der Waals surface area contributed by atoms with Crippen molar-refractivity contribution in [3.8, 4) is 33.4 Å². The van der Waals surface area contributed by atoms with Gasteiger partial charge in [0.15, 0.2) is 0 Å². The fourth-order valence-corrected chi connectivity index (χ4v) is 7.64. The van der Waals surface area contributed by atoms with Crippen molar-refractivity contribution in [2.24, 2.45) is 0 Å². The van der Waals surface area contributed by atoms with E-state index in [-0.39, 0.29) is 52.0 Å². The lowest BCUT2D eigenvalue weighted by Gasteiger charge is -2.27. The molecule has 0 aromatic heterocycles. The zero-order chi connectivity index (χ0) is 34.8. The molecule has 0 saturated carbocycles. The number of benzene rings is 8. The SMILES string of the molecule is [2H]c1c([2H])c([2H])c2c(-c3c4ccccc4c(-c4cccc5c4C(C)(C)c4c-5ccc5ccccc45)c4ccccc34)c([2H])c([2H])c([2H])c2c1[2H]. The molecule has 0 N–H and O–H groups in total. The second kappa shape index (κ2) is 8.90. The lowest BCUT2D eigenvalue weighted by atomic mass is 9.75. The summed E-state index contributed by atoms with van der Waals surface area (Å²) in [5.74, 6) is 0. The molecule has 0 spiro atoms. The van der Waals surface area contributed by atoms with Crippen LogP contribution in [-0.2, 0) is 5.41 Å². The number of rotatable bonds is 2. The first kappa shape index (κ1) is 18.4. The van der Waals surface area contributed by atoms with Crippen molar-refractivity contribution in [2.45, 2.75) is 19.3 Å². The van der Waals surface area contributed by atoms with Crippen LogP contribution in [0.4, 0.5) is 0 Å². The Morgan fingerprint density at radius 1 is 0.395 bits per heavy atom. The van der Waals surface area contributed by atoms with Crippen LogP contribution >= 0.6 is 0 Å². The third kappa shape index (κ3) is 3.32. The van der Waals surface area contributed by atoms with E-state index in [2.05, 4.69) is 80.6 Å². The van der Waals surface area contributed by atoms with E-state index in [4.69, 9.17) is 8.22 Å². The molecule has 0 heterocycles. The molecule has 0 aliphatic heterocycles. The largest absolute Gasteiger partial charge is 0.0629 e. The minimum atomic E-state index is -0.460. The molecule has 0 unspecified atom stereocenters. The molecule has 0 amide bonds. The van der Waals surface area contributed by atoms with Crippen molar-refractivity contribution in [1.82, 2.24) is 0 Å². The van der Waals surface area contributed by atoms with Crippen LogP contribution in [0.15, 0.2) is 145 Å². The zero-order valence-corrected chi connectivity index (χ0v) is 23.8. The van der Waals surface area contributed by atoms with E-state index < -0.39 is 12.1 Å². The maximum absolute atomic E-state index is 9.25. The van der Waals surface area contributed by atoms with Crippen LogP contribution in [0.5, 0.6) is 0 Å². The fraction of sp³-hybridized carbons (Fsp3) is 0.0698. The van der Waals surface area contributed by atoms with Gasteiger partial charge in [-0.1, -0.05) is 159 Å². The van der Waals surface area contributed by atoms with Gasteiger partial charge in [-0.25, -0.2) is 0 Å². The summed E-state index contributed by atoms with van der Waals surface area (Å²) < 4.78 is 61.4. The number of fused-ring (bicyclic) bond motifs is 8. The Labute approximate surface area is 261 Å². The molecular weight excluding hydrogens is 516 g/mol. The molecule has 0 bridgehead atoms. The standard InChI is InChI=1S/C43H30/c1-43(2)41-30-17-6-4-14-28(30)25-26-37(41)36-23-12-24-38(42(36)43)40-34-20-9-7-18-32(34)39(33-19-8-10-21-35(33)40)31-22-11-15-27-13-3-5-16-29(27)31/h3-26H,1-2H3/i3D,5D,11D,13D,15D,16D,22D. The Kier molecular flexibility index (Phi) is 3.80. The van der Waals surface area contributed by atoms with E-state index in [1.165, 1.54) is 33.0 Å². The van der Waals surface area contributed by atoms with Gasteiger partial charge in [-0.2, -0.15) is 0 Å². The molecule has 1 aliphatic carbocycles. The van der Waals surface area contributed by atoms with Crippen LogP contribution in [0, 0.1) is 0 Å². The van der Waals surface area contributed by atoms with Gasteiger partial charge in [-0.3, -0.25) is 0 Å². The van der Waals surface area contributed by atoms with Gasteiger partial charge in [0, 0.05) is 5.41 Å². The van der Waals surface area contributed by atoms with Crippen LogP contribution in [-0.4, -0.2) is 0 Å². The average molecular weight is 554 g/mol. The first-order valence-corrected chi connectivity index (χ1v) is 14.6. The van der Waals surface area contributed by atoms with E-state index in [1.807, 2.05) is 36.4 Å². The molecule has 0 heteroatoms. The summed E-state index contributed by atoms with van der Waals surface area (Å²) in [5.41, 5.74) is 7.65. The summed E-state index contributed by atoms with van der Waals surface area (Å²) in [4.78, 5) is 0. The van der Waals surface area contributed by atoms with Crippen molar-refractivity contribution < 1.29 is 9.60 Å². The highest BCUT2D eigenvalue weighted by Gasteiger charge is 2.39. The van der Waals surface area contributed by atoms with E-state index in [0.717, 1.165) is 32.7 Å². The molecule has 1 aliphatic rings. The van der Waals surface area contributed by atoms with Crippen molar-refractivity contribution >= 4 is 43.1 Å². The Bertz CT molecular complexity index is 2750. The predicted octanol–water partition coefficient (Wildman–Crippen LogP) is 11.9. The van der Waals surface area contributed by atoms with Gasteiger partial charge in [0.05, 0.1) is 9.60 Å². The second-order valence-corrected chi connectivity index (χ2v) is 11.9. The summed E-state index contributed by atoms with van der Waals surface area (Å²) in [6.07, 6.45) is 0. The molecule has 8 aromatic carbocycles. The lowest BCUT2D eigenvalue weighted by Crippen LogP contribution is -2.17.